The van der Waals surface area contributed by atoms with Gasteiger partial charge < -0.3 is 14.2 Å². The average Bonchev–Trinajstić information content (AvgIpc) is 2.55. The molecule has 0 spiro atoms. The predicted molar refractivity (Wildman–Crippen MR) is 80.8 cm³/mol. The number of benzene rings is 2. The minimum absolute atomic E-state index is 0.0341. The SMILES string of the molecule is COC1=CC(=O)c2ccc3c(OC)cc(OC)cc3c2C1=O. The van der Waals surface area contributed by atoms with Gasteiger partial charge in [-0.05, 0) is 18.2 Å². The summed E-state index contributed by atoms with van der Waals surface area (Å²) in [6, 6.07) is 6.86. The molecule has 112 valence electrons. The summed E-state index contributed by atoms with van der Waals surface area (Å²) in [7, 11) is 4.44. The van der Waals surface area contributed by atoms with Gasteiger partial charge in [0, 0.05) is 34.0 Å². The summed E-state index contributed by atoms with van der Waals surface area (Å²) in [5, 5.41) is 1.34. The number of carbonyl (C=O) groups excluding carboxylic acids is 2. The largest absolute Gasteiger partial charge is 0.497 e. The number of methoxy groups -OCH3 is 3. The van der Waals surface area contributed by atoms with Gasteiger partial charge in [-0.3, -0.25) is 9.59 Å². The number of ether oxygens (including phenoxy) is 3. The molecule has 1 aliphatic carbocycles. The highest BCUT2D eigenvalue weighted by molar-refractivity contribution is 6.28. The van der Waals surface area contributed by atoms with Crippen molar-refractivity contribution in [1.29, 1.82) is 0 Å². The van der Waals surface area contributed by atoms with E-state index in [-0.39, 0.29) is 17.3 Å². The van der Waals surface area contributed by atoms with Gasteiger partial charge in [-0.25, -0.2) is 0 Å². The molecule has 0 bridgehead atoms. The molecule has 2 aromatic carbocycles. The molecule has 5 heteroatoms. The topological polar surface area (TPSA) is 61.8 Å². The molecule has 0 aromatic heterocycles. The maximum Gasteiger partial charge on any atom is 0.229 e. The zero-order valence-electron chi connectivity index (χ0n) is 12.4. The lowest BCUT2D eigenvalue weighted by atomic mass is 9.88. The van der Waals surface area contributed by atoms with E-state index in [4.69, 9.17) is 14.2 Å². The van der Waals surface area contributed by atoms with Crippen LogP contribution in [0.2, 0.25) is 0 Å². The zero-order valence-corrected chi connectivity index (χ0v) is 12.4. The predicted octanol–water partition coefficient (Wildman–Crippen LogP) is 2.77. The summed E-state index contributed by atoms with van der Waals surface area (Å²) in [5.74, 6) is 0.581. The van der Waals surface area contributed by atoms with Crippen LogP contribution in [0.1, 0.15) is 20.7 Å². The molecular formula is C17H14O5. The van der Waals surface area contributed by atoms with Crippen molar-refractivity contribution in [1.82, 2.24) is 0 Å². The van der Waals surface area contributed by atoms with E-state index in [9.17, 15) is 9.59 Å². The highest BCUT2D eigenvalue weighted by atomic mass is 16.5. The van der Waals surface area contributed by atoms with Crippen molar-refractivity contribution in [2.75, 3.05) is 21.3 Å². The number of hydrogen-bond donors (Lipinski definition) is 0. The average molecular weight is 298 g/mol. The van der Waals surface area contributed by atoms with Gasteiger partial charge in [-0.1, -0.05) is 0 Å². The highest BCUT2D eigenvalue weighted by Gasteiger charge is 2.29. The molecule has 0 fully saturated rings. The van der Waals surface area contributed by atoms with Crippen molar-refractivity contribution in [2.45, 2.75) is 0 Å². The van der Waals surface area contributed by atoms with Crippen LogP contribution in [0.3, 0.4) is 0 Å². The Bertz CT molecular complexity index is 833. The molecule has 0 saturated carbocycles. The maximum absolute atomic E-state index is 12.6. The van der Waals surface area contributed by atoms with Crippen LogP contribution in [-0.2, 0) is 4.74 Å². The van der Waals surface area contributed by atoms with Gasteiger partial charge >= 0.3 is 0 Å². The summed E-state index contributed by atoms with van der Waals surface area (Å²) in [4.78, 5) is 24.8. The second-order valence-corrected chi connectivity index (χ2v) is 4.82. The van der Waals surface area contributed by atoms with Gasteiger partial charge in [0.05, 0.1) is 21.3 Å². The fourth-order valence-corrected chi connectivity index (χ4v) is 2.65. The molecule has 0 unspecified atom stereocenters. The first-order valence-corrected chi connectivity index (χ1v) is 6.64. The van der Waals surface area contributed by atoms with Crippen molar-refractivity contribution >= 4 is 22.3 Å². The Morgan fingerprint density at radius 1 is 0.864 bits per heavy atom. The Labute approximate surface area is 127 Å². The van der Waals surface area contributed by atoms with Gasteiger partial charge in [0.2, 0.25) is 5.78 Å². The van der Waals surface area contributed by atoms with Crippen molar-refractivity contribution in [2.24, 2.45) is 0 Å². The van der Waals surface area contributed by atoms with Crippen LogP contribution < -0.4 is 9.47 Å². The van der Waals surface area contributed by atoms with Gasteiger partial charge in [-0.2, -0.15) is 0 Å². The van der Waals surface area contributed by atoms with Crippen LogP contribution in [0, 0.1) is 0 Å². The number of fused-ring (bicyclic) bond motifs is 3. The van der Waals surface area contributed by atoms with Crippen LogP contribution in [-0.4, -0.2) is 32.9 Å². The summed E-state index contributed by atoms with van der Waals surface area (Å²) in [6.45, 7) is 0. The Kier molecular flexibility index (Phi) is 3.33. The lowest BCUT2D eigenvalue weighted by Crippen LogP contribution is -2.18. The van der Waals surface area contributed by atoms with E-state index >= 15 is 0 Å². The molecular weight excluding hydrogens is 284 g/mol. The third-order valence-electron chi connectivity index (χ3n) is 3.72. The first-order valence-electron chi connectivity index (χ1n) is 6.64. The Morgan fingerprint density at radius 2 is 1.64 bits per heavy atom. The van der Waals surface area contributed by atoms with Gasteiger partial charge in [0.1, 0.15) is 11.5 Å². The van der Waals surface area contributed by atoms with Crippen molar-refractivity contribution in [3.05, 3.63) is 47.2 Å². The van der Waals surface area contributed by atoms with Crippen LogP contribution in [0.4, 0.5) is 0 Å². The van der Waals surface area contributed by atoms with E-state index in [2.05, 4.69) is 0 Å². The zero-order chi connectivity index (χ0) is 15.9. The molecule has 0 amide bonds. The second-order valence-electron chi connectivity index (χ2n) is 4.82. The van der Waals surface area contributed by atoms with Crippen LogP contribution in [0.15, 0.2) is 36.1 Å². The van der Waals surface area contributed by atoms with E-state index in [0.717, 1.165) is 5.39 Å². The smallest absolute Gasteiger partial charge is 0.229 e. The molecule has 0 radical (unpaired) electrons. The van der Waals surface area contributed by atoms with E-state index in [1.165, 1.54) is 20.3 Å². The molecule has 2 aromatic rings. The molecule has 0 aliphatic heterocycles. The van der Waals surface area contributed by atoms with Crippen molar-refractivity contribution in [3.63, 3.8) is 0 Å². The van der Waals surface area contributed by atoms with Gasteiger partial charge in [-0.15, -0.1) is 0 Å². The first-order chi connectivity index (χ1) is 10.6. The van der Waals surface area contributed by atoms with Crippen molar-refractivity contribution in [3.8, 4) is 11.5 Å². The molecule has 1 aliphatic rings. The third-order valence-corrected chi connectivity index (χ3v) is 3.72. The molecule has 5 nitrogen and oxygen atoms in total. The Morgan fingerprint density at radius 3 is 2.27 bits per heavy atom. The number of rotatable bonds is 3. The number of hydrogen-bond acceptors (Lipinski definition) is 5. The minimum Gasteiger partial charge on any atom is -0.497 e. The quantitative estimate of drug-likeness (QED) is 0.872. The summed E-state index contributed by atoms with van der Waals surface area (Å²) in [5.41, 5.74) is 0.674. The molecule has 22 heavy (non-hydrogen) atoms. The highest BCUT2D eigenvalue weighted by Crippen LogP contribution is 2.37. The van der Waals surface area contributed by atoms with Crippen LogP contribution in [0.5, 0.6) is 11.5 Å². The molecule has 0 atom stereocenters. The molecule has 0 saturated heterocycles. The number of allylic oxidation sites excluding steroid dienone is 2. The first kappa shape index (κ1) is 14.1. The second kappa shape index (κ2) is 5.18. The third kappa shape index (κ3) is 1.94. The standard InChI is InChI=1S/C17H14O5/c1-20-9-6-12-10(14(7-9)21-2)4-5-11-13(18)8-15(22-3)17(19)16(11)12/h4-8H,1-3H3. The van der Waals surface area contributed by atoms with Crippen molar-refractivity contribution < 1.29 is 23.8 Å². The van der Waals surface area contributed by atoms with Crippen LogP contribution >= 0.6 is 0 Å². The van der Waals surface area contributed by atoms with Gasteiger partial charge in [0.15, 0.2) is 11.5 Å². The number of ketones is 2. The summed E-state index contributed by atoms with van der Waals surface area (Å²) >= 11 is 0. The van der Waals surface area contributed by atoms with E-state index in [1.807, 2.05) is 0 Å². The van der Waals surface area contributed by atoms with Crippen LogP contribution in [0.25, 0.3) is 10.8 Å². The maximum atomic E-state index is 12.6. The monoisotopic (exact) mass is 298 g/mol. The lowest BCUT2D eigenvalue weighted by Gasteiger charge is -2.18. The van der Waals surface area contributed by atoms with E-state index < -0.39 is 0 Å². The van der Waals surface area contributed by atoms with E-state index in [0.29, 0.717) is 28.0 Å². The fourth-order valence-electron chi connectivity index (χ4n) is 2.65. The summed E-state index contributed by atoms with van der Waals surface area (Å²) in [6.07, 6.45) is 1.22. The van der Waals surface area contributed by atoms with E-state index in [1.54, 1.807) is 31.4 Å². The van der Waals surface area contributed by atoms with Gasteiger partial charge in [0.25, 0.3) is 0 Å². The summed E-state index contributed by atoms with van der Waals surface area (Å²) < 4.78 is 15.6. The number of Topliss-reactive ketones (excluding diaryl/α,β-unsaturated/α-hetero) is 1. The fraction of sp³-hybridized carbons (Fsp3) is 0.176. The Balaban J connectivity index is 2.40. The normalized spacial score (nSPS) is 13.7. The number of carbonyl (C=O) groups is 2. The minimum atomic E-state index is -0.321. The lowest BCUT2D eigenvalue weighted by molar-refractivity contribution is 0.0918. The molecule has 3 rings (SSSR count). The Hall–Kier alpha value is -2.82. The molecule has 0 N–H and O–H groups in total. The molecule has 0 heterocycles.